The highest BCUT2D eigenvalue weighted by molar-refractivity contribution is 5.87. The number of benzene rings is 1. The molecule has 0 bridgehead atoms. The van der Waals surface area contributed by atoms with Crippen LogP contribution in [0.2, 0.25) is 0 Å². The highest BCUT2D eigenvalue weighted by Gasteiger charge is 2.30. The number of piperidine rings is 1. The molecule has 1 atom stereocenters. The number of nitrogens with zero attached hydrogens (tertiary/aromatic N) is 7. The maximum atomic E-state index is 12.5. The lowest BCUT2D eigenvalue weighted by Gasteiger charge is -2.35. The smallest absolute Gasteiger partial charge is 0.330 e. The molecule has 170 valence electrons. The molecule has 1 fully saturated rings. The number of fused-ring (bicyclic) bond motifs is 1. The summed E-state index contributed by atoms with van der Waals surface area (Å²) in [4.78, 5) is 35.6. The van der Waals surface area contributed by atoms with Crippen LogP contribution in [0.4, 0.5) is 5.82 Å². The number of aromatic nitrogens is 6. The van der Waals surface area contributed by atoms with Crippen LogP contribution in [0.15, 0.2) is 58.6 Å². The normalized spacial score (nSPS) is 15.8. The zero-order chi connectivity index (χ0) is 23.1. The van der Waals surface area contributed by atoms with E-state index in [0.717, 1.165) is 27.1 Å². The molecular formula is C23H25N7O3. The van der Waals surface area contributed by atoms with Gasteiger partial charge in [-0.25, -0.2) is 19.4 Å². The molecular weight excluding hydrogens is 422 g/mol. The zero-order valence-corrected chi connectivity index (χ0v) is 18.5. The maximum Gasteiger partial charge on any atom is 0.330 e. The first kappa shape index (κ1) is 21.1. The van der Waals surface area contributed by atoms with E-state index in [0.29, 0.717) is 25.9 Å². The molecule has 1 unspecified atom stereocenters. The van der Waals surface area contributed by atoms with Crippen molar-refractivity contribution in [2.24, 2.45) is 20.0 Å². The Bertz CT molecular complexity index is 1420. The van der Waals surface area contributed by atoms with Crippen molar-refractivity contribution < 1.29 is 5.11 Å². The molecule has 4 heterocycles. The van der Waals surface area contributed by atoms with E-state index < -0.39 is 17.4 Å². The molecule has 0 amide bonds. The molecule has 1 aromatic carbocycles. The highest BCUT2D eigenvalue weighted by atomic mass is 16.3. The summed E-state index contributed by atoms with van der Waals surface area (Å²) < 4.78 is 4.17. The Morgan fingerprint density at radius 1 is 1.06 bits per heavy atom. The third kappa shape index (κ3) is 3.62. The molecule has 0 saturated carbocycles. The minimum absolute atomic E-state index is 0.0872. The molecule has 33 heavy (non-hydrogen) atoms. The minimum atomic E-state index is -0.927. The molecule has 1 N–H and O–H groups in total. The first-order chi connectivity index (χ1) is 16.0. The first-order valence-corrected chi connectivity index (χ1v) is 10.9. The largest absolute Gasteiger partial charge is 0.388 e. The van der Waals surface area contributed by atoms with Gasteiger partial charge in [0.25, 0.3) is 5.56 Å². The zero-order valence-electron chi connectivity index (χ0n) is 18.5. The predicted molar refractivity (Wildman–Crippen MR) is 123 cm³/mol. The number of rotatable bonds is 4. The van der Waals surface area contributed by atoms with Crippen molar-refractivity contribution in [2.45, 2.75) is 18.9 Å². The second-order valence-electron chi connectivity index (χ2n) is 8.44. The van der Waals surface area contributed by atoms with Gasteiger partial charge in [-0.3, -0.25) is 9.36 Å². The summed E-state index contributed by atoms with van der Waals surface area (Å²) >= 11 is 0. The summed E-state index contributed by atoms with van der Waals surface area (Å²) in [5, 5.41) is 16.3. The van der Waals surface area contributed by atoms with Crippen molar-refractivity contribution in [1.29, 1.82) is 0 Å². The van der Waals surface area contributed by atoms with Gasteiger partial charge in [0, 0.05) is 33.4 Å². The molecule has 1 aliphatic rings. The van der Waals surface area contributed by atoms with Gasteiger partial charge in [-0.1, -0.05) is 18.2 Å². The van der Waals surface area contributed by atoms with Crippen LogP contribution in [0, 0.1) is 5.92 Å². The van der Waals surface area contributed by atoms with Crippen molar-refractivity contribution >= 4 is 16.9 Å². The SMILES string of the molecule is Cn1cc(C(O)C2CCN(c3ncnc4c3cnn4-c3ccccc3)CC2)c(=O)n(C)c1=O. The lowest BCUT2D eigenvalue weighted by molar-refractivity contribution is 0.0903. The van der Waals surface area contributed by atoms with Gasteiger partial charge in [-0.15, -0.1) is 0 Å². The lowest BCUT2D eigenvalue weighted by atomic mass is 9.88. The van der Waals surface area contributed by atoms with E-state index in [1.807, 2.05) is 30.3 Å². The van der Waals surface area contributed by atoms with E-state index in [2.05, 4.69) is 20.0 Å². The Morgan fingerprint density at radius 2 is 1.79 bits per heavy atom. The Kier molecular flexibility index (Phi) is 5.29. The fourth-order valence-corrected chi connectivity index (χ4v) is 4.56. The van der Waals surface area contributed by atoms with Crippen LogP contribution in [0.1, 0.15) is 24.5 Å². The van der Waals surface area contributed by atoms with Crippen LogP contribution in [0.25, 0.3) is 16.7 Å². The van der Waals surface area contributed by atoms with E-state index >= 15 is 0 Å². The Hall–Kier alpha value is -3.79. The molecule has 5 rings (SSSR count). The van der Waals surface area contributed by atoms with Gasteiger partial charge in [0.2, 0.25) is 0 Å². The number of hydrogen-bond acceptors (Lipinski definition) is 7. The van der Waals surface area contributed by atoms with E-state index in [4.69, 9.17) is 0 Å². The molecule has 10 nitrogen and oxygen atoms in total. The Labute approximate surface area is 189 Å². The summed E-state index contributed by atoms with van der Waals surface area (Å²) in [6, 6.07) is 9.83. The van der Waals surface area contributed by atoms with Gasteiger partial charge in [0.1, 0.15) is 12.1 Å². The highest BCUT2D eigenvalue weighted by Crippen LogP contribution is 2.33. The van der Waals surface area contributed by atoms with Gasteiger partial charge < -0.3 is 14.6 Å². The second-order valence-corrected chi connectivity index (χ2v) is 8.44. The average molecular weight is 447 g/mol. The third-order valence-corrected chi connectivity index (χ3v) is 6.42. The van der Waals surface area contributed by atoms with Crippen molar-refractivity contribution in [1.82, 2.24) is 28.9 Å². The Morgan fingerprint density at radius 3 is 2.52 bits per heavy atom. The van der Waals surface area contributed by atoms with Gasteiger partial charge in [0.15, 0.2) is 5.65 Å². The van der Waals surface area contributed by atoms with Crippen LogP contribution in [0.3, 0.4) is 0 Å². The number of para-hydroxylation sites is 1. The molecule has 1 saturated heterocycles. The van der Waals surface area contributed by atoms with Crippen molar-refractivity contribution in [3.8, 4) is 5.69 Å². The predicted octanol–water partition coefficient (Wildman–Crippen LogP) is 1.16. The quantitative estimate of drug-likeness (QED) is 0.500. The summed E-state index contributed by atoms with van der Waals surface area (Å²) in [5.41, 5.74) is 1.07. The van der Waals surface area contributed by atoms with Gasteiger partial charge in [0.05, 0.1) is 28.9 Å². The molecule has 1 aliphatic heterocycles. The van der Waals surface area contributed by atoms with E-state index in [9.17, 15) is 14.7 Å². The van der Waals surface area contributed by atoms with Crippen molar-refractivity contribution in [3.63, 3.8) is 0 Å². The standard InChI is InChI=1S/C23H25N7O3/c1-27-13-18(22(32)28(2)23(27)33)19(31)15-8-10-29(11-9-15)20-17-12-26-30(21(17)25-14-24-20)16-6-4-3-5-7-16/h3-7,12-15,19,31H,8-11H2,1-2H3. The average Bonchev–Trinajstić information content (AvgIpc) is 3.29. The van der Waals surface area contributed by atoms with Crippen LogP contribution < -0.4 is 16.1 Å². The monoisotopic (exact) mass is 447 g/mol. The van der Waals surface area contributed by atoms with Crippen molar-refractivity contribution in [2.75, 3.05) is 18.0 Å². The summed E-state index contributed by atoms with van der Waals surface area (Å²) in [7, 11) is 3.01. The fraction of sp³-hybridized carbons (Fsp3) is 0.348. The number of aryl methyl sites for hydroxylation is 1. The molecule has 3 aromatic heterocycles. The second kappa shape index (κ2) is 8.28. The summed E-state index contributed by atoms with van der Waals surface area (Å²) in [6.07, 6.45) is 5.23. The van der Waals surface area contributed by atoms with Crippen LogP contribution in [-0.4, -0.2) is 47.1 Å². The fourth-order valence-electron chi connectivity index (χ4n) is 4.56. The molecule has 0 aliphatic carbocycles. The number of hydrogen-bond donors (Lipinski definition) is 1. The number of anilines is 1. The third-order valence-electron chi connectivity index (χ3n) is 6.42. The summed E-state index contributed by atoms with van der Waals surface area (Å²) in [6.45, 7) is 1.35. The van der Waals surface area contributed by atoms with E-state index in [1.54, 1.807) is 24.3 Å². The first-order valence-electron chi connectivity index (χ1n) is 10.9. The molecule has 0 spiro atoms. The number of aliphatic hydroxyl groups is 1. The summed E-state index contributed by atoms with van der Waals surface area (Å²) in [5.74, 6) is 0.726. The van der Waals surface area contributed by atoms with Gasteiger partial charge in [-0.05, 0) is 30.9 Å². The topological polar surface area (TPSA) is 111 Å². The molecule has 10 heteroatoms. The Balaban J connectivity index is 1.37. The maximum absolute atomic E-state index is 12.5. The van der Waals surface area contributed by atoms with E-state index in [-0.39, 0.29) is 11.5 Å². The van der Waals surface area contributed by atoms with Gasteiger partial charge >= 0.3 is 5.69 Å². The number of aliphatic hydroxyl groups excluding tert-OH is 1. The minimum Gasteiger partial charge on any atom is -0.388 e. The molecule has 4 aromatic rings. The van der Waals surface area contributed by atoms with Crippen LogP contribution in [-0.2, 0) is 14.1 Å². The molecule has 0 radical (unpaired) electrons. The van der Waals surface area contributed by atoms with E-state index in [1.165, 1.54) is 17.8 Å². The van der Waals surface area contributed by atoms with Crippen LogP contribution >= 0.6 is 0 Å². The lowest BCUT2D eigenvalue weighted by Crippen LogP contribution is -2.41. The van der Waals surface area contributed by atoms with Crippen molar-refractivity contribution in [3.05, 3.63) is 75.5 Å². The van der Waals surface area contributed by atoms with Crippen LogP contribution in [0.5, 0.6) is 0 Å². The van der Waals surface area contributed by atoms with Gasteiger partial charge in [-0.2, -0.15) is 5.10 Å².